The van der Waals surface area contributed by atoms with E-state index in [1.165, 1.54) is 12.4 Å². The van der Waals surface area contributed by atoms with Crippen LogP contribution < -0.4 is 4.74 Å². The lowest BCUT2D eigenvalue weighted by molar-refractivity contribution is 0.442. The van der Waals surface area contributed by atoms with Crippen LogP contribution in [0.25, 0.3) is 0 Å². The molecule has 1 aromatic heterocycles. The van der Waals surface area contributed by atoms with Crippen LogP contribution in [0, 0.1) is 0 Å². The van der Waals surface area contributed by atoms with Gasteiger partial charge in [-0.25, -0.2) is 9.97 Å². The van der Waals surface area contributed by atoms with Crippen LogP contribution >= 0.6 is 15.9 Å². The molecule has 0 saturated carbocycles. The molecule has 0 atom stereocenters. The average molecular weight is 267 g/mol. The van der Waals surface area contributed by atoms with E-state index in [0.717, 1.165) is 0 Å². The smallest absolute Gasteiger partial charge is 0.236 e. The Balaban J connectivity index is 2.26. The van der Waals surface area contributed by atoms with Crippen molar-refractivity contribution in [2.45, 2.75) is 0 Å². The van der Waals surface area contributed by atoms with E-state index in [4.69, 9.17) is 4.74 Å². The molecule has 0 fully saturated rings. The Hall–Kier alpha value is -1.62. The van der Waals surface area contributed by atoms with Crippen molar-refractivity contribution in [3.63, 3.8) is 0 Å². The first-order valence-electron chi connectivity index (χ1n) is 4.18. The minimum absolute atomic E-state index is 0.151. The number of ether oxygens (including phenoxy) is 1. The molecule has 0 saturated heterocycles. The van der Waals surface area contributed by atoms with Gasteiger partial charge >= 0.3 is 0 Å². The SMILES string of the molecule is Oc1cccc(Oc2ncncc2Br)c1. The summed E-state index contributed by atoms with van der Waals surface area (Å²) < 4.78 is 6.09. The van der Waals surface area contributed by atoms with Gasteiger partial charge in [0, 0.05) is 12.3 Å². The maximum absolute atomic E-state index is 9.24. The molecule has 2 aromatic rings. The quantitative estimate of drug-likeness (QED) is 0.908. The normalized spacial score (nSPS) is 9.93. The van der Waals surface area contributed by atoms with Crippen LogP contribution in [0.1, 0.15) is 0 Å². The van der Waals surface area contributed by atoms with E-state index in [9.17, 15) is 5.11 Å². The van der Waals surface area contributed by atoms with E-state index in [0.29, 0.717) is 16.1 Å². The Kier molecular flexibility index (Phi) is 2.82. The third-order valence-electron chi connectivity index (χ3n) is 1.67. The van der Waals surface area contributed by atoms with Gasteiger partial charge in [-0.1, -0.05) is 6.07 Å². The first-order valence-corrected chi connectivity index (χ1v) is 4.97. The summed E-state index contributed by atoms with van der Waals surface area (Å²) in [6, 6.07) is 6.50. The maximum atomic E-state index is 9.24. The van der Waals surface area contributed by atoms with Gasteiger partial charge in [0.1, 0.15) is 17.8 Å². The summed E-state index contributed by atoms with van der Waals surface area (Å²) in [5.74, 6) is 1.09. The molecule has 1 N–H and O–H groups in total. The van der Waals surface area contributed by atoms with Gasteiger partial charge < -0.3 is 9.84 Å². The molecule has 0 aliphatic heterocycles. The molecule has 0 bridgehead atoms. The number of hydrogen-bond acceptors (Lipinski definition) is 4. The number of halogens is 1. The highest BCUT2D eigenvalue weighted by Crippen LogP contribution is 2.27. The van der Waals surface area contributed by atoms with Crippen molar-refractivity contribution in [2.75, 3.05) is 0 Å². The largest absolute Gasteiger partial charge is 0.508 e. The zero-order chi connectivity index (χ0) is 10.7. The number of nitrogens with zero attached hydrogens (tertiary/aromatic N) is 2. The minimum Gasteiger partial charge on any atom is -0.508 e. The van der Waals surface area contributed by atoms with Gasteiger partial charge in [0.15, 0.2) is 0 Å². The molecule has 0 amide bonds. The van der Waals surface area contributed by atoms with Gasteiger partial charge in [-0.3, -0.25) is 0 Å². The van der Waals surface area contributed by atoms with Gasteiger partial charge in [-0.05, 0) is 28.1 Å². The van der Waals surface area contributed by atoms with E-state index in [1.54, 1.807) is 24.4 Å². The Morgan fingerprint density at radius 1 is 1.33 bits per heavy atom. The molecule has 0 aliphatic rings. The summed E-state index contributed by atoms with van der Waals surface area (Å²) in [6.07, 6.45) is 2.98. The molecule has 5 heteroatoms. The summed E-state index contributed by atoms with van der Waals surface area (Å²) in [7, 11) is 0. The average Bonchev–Trinajstić information content (AvgIpc) is 2.22. The van der Waals surface area contributed by atoms with Crippen LogP contribution in [-0.4, -0.2) is 15.1 Å². The molecule has 1 heterocycles. The molecule has 2 rings (SSSR count). The van der Waals surface area contributed by atoms with Gasteiger partial charge in [-0.15, -0.1) is 0 Å². The molecular weight excluding hydrogens is 260 g/mol. The third-order valence-corrected chi connectivity index (χ3v) is 2.21. The molecule has 0 unspecified atom stereocenters. The van der Waals surface area contributed by atoms with Crippen LogP contribution in [0.3, 0.4) is 0 Å². The zero-order valence-electron chi connectivity index (χ0n) is 7.59. The molecular formula is C10H7BrN2O2. The van der Waals surface area contributed by atoms with Gasteiger partial charge in [0.05, 0.1) is 4.47 Å². The van der Waals surface area contributed by atoms with E-state index in [2.05, 4.69) is 25.9 Å². The van der Waals surface area contributed by atoms with E-state index in [1.807, 2.05) is 0 Å². The fraction of sp³-hybridized carbons (Fsp3) is 0. The highest BCUT2D eigenvalue weighted by molar-refractivity contribution is 9.10. The van der Waals surface area contributed by atoms with Crippen molar-refractivity contribution in [1.82, 2.24) is 9.97 Å². The predicted molar refractivity (Wildman–Crippen MR) is 57.9 cm³/mol. The van der Waals surface area contributed by atoms with Crippen LogP contribution in [0.5, 0.6) is 17.4 Å². The van der Waals surface area contributed by atoms with Gasteiger partial charge in [0.2, 0.25) is 5.88 Å². The molecule has 4 nitrogen and oxygen atoms in total. The van der Waals surface area contributed by atoms with Crippen molar-refractivity contribution in [2.24, 2.45) is 0 Å². The Morgan fingerprint density at radius 3 is 2.93 bits per heavy atom. The number of rotatable bonds is 2. The second-order valence-corrected chi connectivity index (χ2v) is 3.63. The van der Waals surface area contributed by atoms with Gasteiger partial charge in [0.25, 0.3) is 0 Å². The number of phenols is 1. The summed E-state index contributed by atoms with van der Waals surface area (Å²) in [5.41, 5.74) is 0. The monoisotopic (exact) mass is 266 g/mol. The number of benzene rings is 1. The first kappa shape index (κ1) is 9.92. The van der Waals surface area contributed by atoms with Crippen LogP contribution in [0.15, 0.2) is 41.3 Å². The minimum atomic E-state index is 0.151. The number of aromatic nitrogens is 2. The molecule has 1 aromatic carbocycles. The predicted octanol–water partition coefficient (Wildman–Crippen LogP) is 2.74. The van der Waals surface area contributed by atoms with Crippen LogP contribution in [0.4, 0.5) is 0 Å². The maximum Gasteiger partial charge on any atom is 0.236 e. The fourth-order valence-corrected chi connectivity index (χ4v) is 1.34. The zero-order valence-corrected chi connectivity index (χ0v) is 9.18. The Labute approximate surface area is 94.7 Å². The van der Waals surface area contributed by atoms with Crippen molar-refractivity contribution in [1.29, 1.82) is 0 Å². The molecule has 0 aliphatic carbocycles. The van der Waals surface area contributed by atoms with Crippen molar-refractivity contribution >= 4 is 15.9 Å². The standard InChI is InChI=1S/C10H7BrN2O2/c11-9-5-12-6-13-10(9)15-8-3-1-2-7(14)4-8/h1-6,14H. The molecule has 15 heavy (non-hydrogen) atoms. The Bertz CT molecular complexity index is 476. The summed E-state index contributed by atoms with van der Waals surface area (Å²) in [6.45, 7) is 0. The summed E-state index contributed by atoms with van der Waals surface area (Å²) >= 11 is 3.26. The first-order chi connectivity index (χ1) is 7.25. The Morgan fingerprint density at radius 2 is 2.20 bits per heavy atom. The van der Waals surface area contributed by atoms with Crippen molar-refractivity contribution in [3.8, 4) is 17.4 Å². The highest BCUT2D eigenvalue weighted by atomic mass is 79.9. The van der Waals surface area contributed by atoms with Crippen molar-refractivity contribution in [3.05, 3.63) is 41.3 Å². The van der Waals surface area contributed by atoms with Gasteiger partial charge in [-0.2, -0.15) is 0 Å². The van der Waals surface area contributed by atoms with E-state index >= 15 is 0 Å². The topological polar surface area (TPSA) is 55.2 Å². The number of phenolic OH excluding ortho intramolecular Hbond substituents is 1. The van der Waals surface area contributed by atoms with E-state index < -0.39 is 0 Å². The number of aromatic hydroxyl groups is 1. The van der Waals surface area contributed by atoms with Crippen LogP contribution in [-0.2, 0) is 0 Å². The fourth-order valence-electron chi connectivity index (χ4n) is 1.04. The number of hydrogen-bond donors (Lipinski definition) is 1. The molecule has 76 valence electrons. The van der Waals surface area contributed by atoms with Crippen LogP contribution in [0.2, 0.25) is 0 Å². The highest BCUT2D eigenvalue weighted by Gasteiger charge is 2.03. The lowest BCUT2D eigenvalue weighted by Gasteiger charge is -2.05. The second-order valence-electron chi connectivity index (χ2n) is 2.78. The van der Waals surface area contributed by atoms with Crippen molar-refractivity contribution < 1.29 is 9.84 Å². The summed E-state index contributed by atoms with van der Waals surface area (Å²) in [5, 5.41) is 9.24. The molecule has 0 spiro atoms. The lowest BCUT2D eigenvalue weighted by Crippen LogP contribution is -1.89. The van der Waals surface area contributed by atoms with E-state index in [-0.39, 0.29) is 5.75 Å². The summed E-state index contributed by atoms with van der Waals surface area (Å²) in [4.78, 5) is 7.76. The third kappa shape index (κ3) is 2.44. The molecule has 0 radical (unpaired) electrons. The lowest BCUT2D eigenvalue weighted by atomic mass is 10.3. The second kappa shape index (κ2) is 4.27.